The number of nitrogens with one attached hydrogen (secondary N) is 1. The van der Waals surface area contributed by atoms with E-state index in [0.717, 1.165) is 23.2 Å². The number of aryl methyl sites for hydroxylation is 1. The summed E-state index contributed by atoms with van der Waals surface area (Å²) < 4.78 is 1.93. The number of hydrogen-bond donors (Lipinski definition) is 1. The van der Waals surface area contributed by atoms with Gasteiger partial charge in [-0.3, -0.25) is 4.68 Å². The van der Waals surface area contributed by atoms with Crippen molar-refractivity contribution in [3.63, 3.8) is 0 Å². The normalized spacial score (nSPS) is 25.6. The fourth-order valence-corrected chi connectivity index (χ4v) is 3.55. The Morgan fingerprint density at radius 1 is 1.50 bits per heavy atom. The molecule has 1 saturated carbocycles. The van der Waals surface area contributed by atoms with E-state index in [1.54, 1.807) is 6.20 Å². The second-order valence-electron chi connectivity index (χ2n) is 5.38. The van der Waals surface area contributed by atoms with E-state index in [2.05, 4.69) is 24.3 Å². The first-order chi connectivity index (χ1) is 8.67. The van der Waals surface area contributed by atoms with E-state index in [4.69, 9.17) is 11.6 Å². The van der Waals surface area contributed by atoms with Crippen LogP contribution in [-0.2, 0) is 7.05 Å². The molecule has 0 bridgehead atoms. The SMILES string of the molecule is CCNC(c1c(Cl)cnn1C)C1CCC(CC)C1. The first-order valence-corrected chi connectivity index (χ1v) is 7.45. The molecule has 0 radical (unpaired) electrons. The molecule has 2 rings (SSSR count). The third kappa shape index (κ3) is 2.72. The van der Waals surface area contributed by atoms with Crippen molar-refractivity contribution in [2.45, 2.75) is 45.6 Å². The molecule has 1 N–H and O–H groups in total. The van der Waals surface area contributed by atoms with E-state index in [1.807, 2.05) is 11.7 Å². The summed E-state index contributed by atoms with van der Waals surface area (Å²) in [6.45, 7) is 5.43. The van der Waals surface area contributed by atoms with Crippen LogP contribution in [0.5, 0.6) is 0 Å². The Morgan fingerprint density at radius 2 is 2.28 bits per heavy atom. The highest BCUT2D eigenvalue weighted by Gasteiger charge is 2.33. The summed E-state index contributed by atoms with van der Waals surface area (Å²) in [6.07, 6.45) is 7.04. The summed E-state index contributed by atoms with van der Waals surface area (Å²) >= 11 is 6.30. The number of halogens is 1. The van der Waals surface area contributed by atoms with E-state index in [9.17, 15) is 0 Å². The molecule has 3 nitrogen and oxygen atoms in total. The summed E-state index contributed by atoms with van der Waals surface area (Å²) in [6, 6.07) is 0.353. The Morgan fingerprint density at radius 3 is 2.78 bits per heavy atom. The van der Waals surface area contributed by atoms with Gasteiger partial charge in [-0.05, 0) is 31.2 Å². The van der Waals surface area contributed by atoms with Crippen molar-refractivity contribution in [3.05, 3.63) is 16.9 Å². The molecule has 1 aliphatic carbocycles. The van der Waals surface area contributed by atoms with E-state index in [0.29, 0.717) is 12.0 Å². The van der Waals surface area contributed by atoms with Gasteiger partial charge in [-0.1, -0.05) is 38.3 Å². The summed E-state index contributed by atoms with van der Waals surface area (Å²) in [5.41, 5.74) is 1.15. The molecule has 0 aromatic carbocycles. The number of hydrogen-bond acceptors (Lipinski definition) is 2. The van der Waals surface area contributed by atoms with Crippen LogP contribution in [0.3, 0.4) is 0 Å². The largest absolute Gasteiger partial charge is 0.309 e. The van der Waals surface area contributed by atoms with Gasteiger partial charge in [0.25, 0.3) is 0 Å². The average molecular weight is 270 g/mol. The Kier molecular flexibility index (Phi) is 4.68. The highest BCUT2D eigenvalue weighted by molar-refractivity contribution is 6.31. The first kappa shape index (κ1) is 13.9. The number of nitrogens with zero attached hydrogens (tertiary/aromatic N) is 2. The Hall–Kier alpha value is -0.540. The lowest BCUT2D eigenvalue weighted by molar-refractivity contribution is 0.344. The summed E-state index contributed by atoms with van der Waals surface area (Å²) in [5, 5.41) is 8.68. The van der Waals surface area contributed by atoms with Gasteiger partial charge in [0.2, 0.25) is 0 Å². The van der Waals surface area contributed by atoms with Crippen molar-refractivity contribution in [1.82, 2.24) is 15.1 Å². The van der Waals surface area contributed by atoms with E-state index < -0.39 is 0 Å². The van der Waals surface area contributed by atoms with Gasteiger partial charge in [0.1, 0.15) is 0 Å². The molecule has 0 saturated heterocycles. The minimum absolute atomic E-state index is 0.353. The van der Waals surface area contributed by atoms with Crippen LogP contribution in [0.4, 0.5) is 0 Å². The molecule has 1 fully saturated rings. The molecule has 1 heterocycles. The van der Waals surface area contributed by atoms with Crippen LogP contribution in [0.15, 0.2) is 6.20 Å². The molecule has 3 atom stereocenters. The molecule has 102 valence electrons. The zero-order valence-corrected chi connectivity index (χ0v) is 12.4. The van der Waals surface area contributed by atoms with Crippen LogP contribution in [-0.4, -0.2) is 16.3 Å². The van der Waals surface area contributed by atoms with Crippen LogP contribution in [0.2, 0.25) is 5.02 Å². The maximum atomic E-state index is 6.30. The molecule has 3 unspecified atom stereocenters. The number of rotatable bonds is 5. The zero-order chi connectivity index (χ0) is 13.1. The van der Waals surface area contributed by atoms with Crippen molar-refractivity contribution in [3.8, 4) is 0 Å². The fraction of sp³-hybridized carbons (Fsp3) is 0.786. The third-order valence-corrected chi connectivity index (χ3v) is 4.58. The summed E-state index contributed by atoms with van der Waals surface area (Å²) in [5.74, 6) is 1.59. The van der Waals surface area contributed by atoms with Crippen LogP contribution >= 0.6 is 11.6 Å². The average Bonchev–Trinajstić information content (AvgIpc) is 2.95. The molecular formula is C14H24ClN3. The molecule has 1 aromatic heterocycles. The van der Waals surface area contributed by atoms with Gasteiger partial charge in [0, 0.05) is 7.05 Å². The van der Waals surface area contributed by atoms with Crippen molar-refractivity contribution in [2.75, 3.05) is 6.54 Å². The highest BCUT2D eigenvalue weighted by Crippen LogP contribution is 2.41. The van der Waals surface area contributed by atoms with Crippen LogP contribution in [0.1, 0.15) is 51.3 Å². The van der Waals surface area contributed by atoms with Gasteiger partial charge in [-0.2, -0.15) is 5.10 Å². The zero-order valence-electron chi connectivity index (χ0n) is 11.6. The van der Waals surface area contributed by atoms with Crippen molar-refractivity contribution < 1.29 is 0 Å². The second kappa shape index (κ2) is 6.07. The molecule has 4 heteroatoms. The van der Waals surface area contributed by atoms with Gasteiger partial charge in [-0.15, -0.1) is 0 Å². The topological polar surface area (TPSA) is 29.9 Å². The first-order valence-electron chi connectivity index (χ1n) is 7.08. The second-order valence-corrected chi connectivity index (χ2v) is 5.79. The predicted octanol–water partition coefficient (Wildman–Crippen LogP) is 3.55. The molecular weight excluding hydrogens is 246 g/mol. The lowest BCUT2D eigenvalue weighted by atomic mass is 9.93. The quantitative estimate of drug-likeness (QED) is 0.886. The summed E-state index contributed by atoms with van der Waals surface area (Å²) in [7, 11) is 1.98. The highest BCUT2D eigenvalue weighted by atomic mass is 35.5. The van der Waals surface area contributed by atoms with E-state index in [1.165, 1.54) is 25.7 Å². The van der Waals surface area contributed by atoms with E-state index >= 15 is 0 Å². The molecule has 18 heavy (non-hydrogen) atoms. The molecule has 0 amide bonds. The Bertz CT molecular complexity index is 369. The van der Waals surface area contributed by atoms with Crippen LogP contribution < -0.4 is 5.32 Å². The standard InChI is InChI=1S/C14H24ClN3/c1-4-10-6-7-11(8-10)13(16-5-2)14-12(15)9-17-18(14)3/h9-11,13,16H,4-8H2,1-3H3. The van der Waals surface area contributed by atoms with Crippen LogP contribution in [0.25, 0.3) is 0 Å². The van der Waals surface area contributed by atoms with Crippen molar-refractivity contribution in [2.24, 2.45) is 18.9 Å². The number of aromatic nitrogens is 2. The smallest absolute Gasteiger partial charge is 0.0834 e. The Labute approximate surface area is 115 Å². The van der Waals surface area contributed by atoms with E-state index in [-0.39, 0.29) is 0 Å². The molecule has 1 aromatic rings. The van der Waals surface area contributed by atoms with Gasteiger partial charge < -0.3 is 5.32 Å². The molecule has 0 aliphatic heterocycles. The maximum absolute atomic E-state index is 6.30. The third-order valence-electron chi connectivity index (χ3n) is 4.29. The van der Waals surface area contributed by atoms with Crippen molar-refractivity contribution >= 4 is 11.6 Å². The fourth-order valence-electron chi connectivity index (χ4n) is 3.26. The lowest BCUT2D eigenvalue weighted by Gasteiger charge is -2.25. The van der Waals surface area contributed by atoms with Gasteiger partial charge in [0.05, 0.1) is 23.0 Å². The monoisotopic (exact) mass is 269 g/mol. The predicted molar refractivity (Wildman–Crippen MR) is 75.8 cm³/mol. The van der Waals surface area contributed by atoms with Gasteiger partial charge in [-0.25, -0.2) is 0 Å². The van der Waals surface area contributed by atoms with Gasteiger partial charge >= 0.3 is 0 Å². The lowest BCUT2D eigenvalue weighted by Crippen LogP contribution is -2.29. The minimum atomic E-state index is 0.353. The summed E-state index contributed by atoms with van der Waals surface area (Å²) in [4.78, 5) is 0. The molecule has 1 aliphatic rings. The molecule has 0 spiro atoms. The van der Waals surface area contributed by atoms with Crippen molar-refractivity contribution in [1.29, 1.82) is 0 Å². The minimum Gasteiger partial charge on any atom is -0.309 e. The van der Waals surface area contributed by atoms with Gasteiger partial charge in [0.15, 0.2) is 0 Å². The maximum Gasteiger partial charge on any atom is 0.0834 e. The van der Waals surface area contributed by atoms with Crippen LogP contribution in [0, 0.1) is 11.8 Å². The Balaban J connectivity index is 2.19.